The van der Waals surface area contributed by atoms with Crippen molar-refractivity contribution in [1.29, 1.82) is 0 Å². The number of thiophene rings is 1. The van der Waals surface area contributed by atoms with E-state index in [1.807, 2.05) is 6.92 Å². The van der Waals surface area contributed by atoms with Crippen molar-refractivity contribution in [3.8, 4) is 11.3 Å². The van der Waals surface area contributed by atoms with E-state index in [1.165, 1.54) is 16.7 Å². The Kier molecular flexibility index (Phi) is 2.87. The number of carbonyl (C=O) groups excluding carboxylic acids is 1. The molecule has 0 saturated heterocycles. The van der Waals surface area contributed by atoms with E-state index in [-0.39, 0.29) is 5.82 Å². The van der Waals surface area contributed by atoms with Gasteiger partial charge in [0.25, 0.3) is 0 Å². The highest BCUT2D eigenvalue weighted by Gasteiger charge is 2.22. The van der Waals surface area contributed by atoms with E-state index in [1.54, 1.807) is 30.1 Å². The number of halogens is 1. The molecule has 2 aromatic rings. The van der Waals surface area contributed by atoms with E-state index >= 15 is 0 Å². The summed E-state index contributed by atoms with van der Waals surface area (Å²) in [5.41, 5.74) is 1.24. The molecular formula is C12H13FN2OS. The predicted octanol–water partition coefficient (Wildman–Crippen LogP) is 2.99. The van der Waals surface area contributed by atoms with Gasteiger partial charge < -0.3 is 4.79 Å². The van der Waals surface area contributed by atoms with Crippen LogP contribution in [0.15, 0.2) is 17.0 Å². The fourth-order valence-electron chi connectivity index (χ4n) is 1.53. The first kappa shape index (κ1) is 12.0. The Morgan fingerprint density at radius 1 is 1.47 bits per heavy atom. The fraction of sp³-hybridized carbons (Fsp3) is 0.333. The normalized spacial score (nSPS) is 11.8. The lowest BCUT2D eigenvalue weighted by Crippen LogP contribution is -2.28. The van der Waals surface area contributed by atoms with E-state index in [2.05, 4.69) is 5.10 Å². The third-order valence-corrected chi connectivity index (χ3v) is 3.36. The summed E-state index contributed by atoms with van der Waals surface area (Å²) in [6, 6.07) is 0. The van der Waals surface area contributed by atoms with Gasteiger partial charge in [-0.25, -0.2) is 4.39 Å². The van der Waals surface area contributed by atoms with Crippen molar-refractivity contribution in [1.82, 2.24) is 9.78 Å². The topological polar surface area (TPSA) is 34.9 Å². The average Bonchev–Trinajstić information content (AvgIpc) is 2.85. The monoisotopic (exact) mass is 252 g/mol. The second-order valence-electron chi connectivity index (χ2n) is 4.51. The Labute approximate surface area is 103 Å². The largest absolute Gasteiger partial charge is 0.301 e. The quantitative estimate of drug-likeness (QED) is 0.787. The lowest BCUT2D eigenvalue weighted by molar-refractivity contribution is -0.114. The number of aromatic nitrogens is 2. The van der Waals surface area contributed by atoms with Gasteiger partial charge in [0, 0.05) is 22.5 Å². The van der Waals surface area contributed by atoms with Crippen LogP contribution in [0.2, 0.25) is 0 Å². The zero-order chi connectivity index (χ0) is 12.6. The van der Waals surface area contributed by atoms with Crippen LogP contribution in [-0.4, -0.2) is 16.1 Å². The molecule has 17 heavy (non-hydrogen) atoms. The Balaban J connectivity index is 2.52. The van der Waals surface area contributed by atoms with Gasteiger partial charge in [0.05, 0.1) is 5.69 Å². The van der Waals surface area contributed by atoms with Crippen LogP contribution in [0.1, 0.15) is 19.4 Å². The molecule has 0 aliphatic carbocycles. The maximum absolute atomic E-state index is 13.5. The van der Waals surface area contributed by atoms with Gasteiger partial charge in [-0.2, -0.15) is 5.10 Å². The highest BCUT2D eigenvalue weighted by molar-refractivity contribution is 7.08. The Bertz CT molecular complexity index is 557. The molecule has 5 heteroatoms. The van der Waals surface area contributed by atoms with Crippen LogP contribution in [0.25, 0.3) is 11.3 Å². The maximum atomic E-state index is 13.5. The fourth-order valence-corrected chi connectivity index (χ4v) is 2.20. The lowest BCUT2D eigenvalue weighted by atomic mass is 10.1. The van der Waals surface area contributed by atoms with E-state index in [0.717, 1.165) is 11.8 Å². The summed E-state index contributed by atoms with van der Waals surface area (Å²) < 4.78 is 15.1. The summed E-state index contributed by atoms with van der Waals surface area (Å²) in [7, 11) is 0. The SMILES string of the molecule is Cc1cn(C(C)(C)C=O)nc1-c1cscc1F. The van der Waals surface area contributed by atoms with Crippen LogP contribution in [0.4, 0.5) is 4.39 Å². The molecule has 3 nitrogen and oxygen atoms in total. The van der Waals surface area contributed by atoms with Crippen LogP contribution < -0.4 is 0 Å². The van der Waals surface area contributed by atoms with Crippen molar-refractivity contribution in [2.45, 2.75) is 26.3 Å². The van der Waals surface area contributed by atoms with Crippen molar-refractivity contribution in [2.75, 3.05) is 0 Å². The second kappa shape index (κ2) is 4.07. The van der Waals surface area contributed by atoms with Gasteiger partial charge in [-0.15, -0.1) is 11.3 Å². The van der Waals surface area contributed by atoms with Gasteiger partial charge >= 0.3 is 0 Å². The summed E-state index contributed by atoms with van der Waals surface area (Å²) in [6.07, 6.45) is 2.59. The van der Waals surface area contributed by atoms with Gasteiger partial charge in [-0.3, -0.25) is 4.68 Å². The molecule has 0 bridgehead atoms. The van der Waals surface area contributed by atoms with Crippen LogP contribution in [0.3, 0.4) is 0 Å². The molecule has 0 amide bonds. The standard InChI is InChI=1S/C12H13FN2OS/c1-8-4-15(12(2,3)7-16)14-11(8)9-5-17-6-10(9)13/h4-7H,1-3H3. The molecule has 2 heterocycles. The van der Waals surface area contributed by atoms with Gasteiger partial charge in [0.1, 0.15) is 17.6 Å². The highest BCUT2D eigenvalue weighted by atomic mass is 32.1. The minimum Gasteiger partial charge on any atom is -0.301 e. The van der Waals surface area contributed by atoms with Crippen LogP contribution in [0.5, 0.6) is 0 Å². The van der Waals surface area contributed by atoms with Gasteiger partial charge in [0.15, 0.2) is 0 Å². The molecule has 0 aliphatic heterocycles. The molecule has 0 atom stereocenters. The number of aryl methyl sites for hydroxylation is 1. The third kappa shape index (κ3) is 2.02. The first-order chi connectivity index (χ1) is 7.95. The first-order valence-corrected chi connectivity index (χ1v) is 6.15. The molecule has 0 unspecified atom stereocenters. The van der Waals surface area contributed by atoms with Crippen molar-refractivity contribution in [3.63, 3.8) is 0 Å². The maximum Gasteiger partial charge on any atom is 0.147 e. The number of hydrogen-bond donors (Lipinski definition) is 0. The molecule has 0 spiro atoms. The molecular weight excluding hydrogens is 239 g/mol. The average molecular weight is 252 g/mol. The highest BCUT2D eigenvalue weighted by Crippen LogP contribution is 2.28. The minimum atomic E-state index is -0.713. The lowest BCUT2D eigenvalue weighted by Gasteiger charge is -2.17. The van der Waals surface area contributed by atoms with Crippen molar-refractivity contribution < 1.29 is 9.18 Å². The molecule has 0 N–H and O–H groups in total. The first-order valence-electron chi connectivity index (χ1n) is 5.21. The van der Waals surface area contributed by atoms with Crippen LogP contribution in [0, 0.1) is 12.7 Å². The molecule has 90 valence electrons. The number of carbonyl (C=O) groups is 1. The zero-order valence-corrected chi connectivity index (χ0v) is 10.7. The minimum absolute atomic E-state index is 0.271. The Morgan fingerprint density at radius 3 is 2.71 bits per heavy atom. The van der Waals surface area contributed by atoms with Crippen molar-refractivity contribution >= 4 is 17.6 Å². The number of rotatable bonds is 3. The van der Waals surface area contributed by atoms with E-state index in [0.29, 0.717) is 11.3 Å². The van der Waals surface area contributed by atoms with Gasteiger partial charge in [0.2, 0.25) is 0 Å². The van der Waals surface area contributed by atoms with Gasteiger partial charge in [-0.05, 0) is 26.3 Å². The van der Waals surface area contributed by atoms with E-state index in [9.17, 15) is 9.18 Å². The van der Waals surface area contributed by atoms with E-state index < -0.39 is 5.54 Å². The summed E-state index contributed by atoms with van der Waals surface area (Å²) >= 11 is 1.30. The summed E-state index contributed by atoms with van der Waals surface area (Å²) in [6.45, 7) is 5.39. The predicted molar refractivity (Wildman–Crippen MR) is 65.6 cm³/mol. The summed E-state index contributed by atoms with van der Waals surface area (Å²) in [5.74, 6) is -0.271. The number of aldehydes is 1. The molecule has 0 fully saturated rings. The number of hydrogen-bond acceptors (Lipinski definition) is 3. The number of nitrogens with zero attached hydrogens (tertiary/aromatic N) is 2. The third-order valence-electron chi connectivity index (χ3n) is 2.65. The molecule has 0 radical (unpaired) electrons. The van der Waals surface area contributed by atoms with Gasteiger partial charge in [-0.1, -0.05) is 0 Å². The smallest absolute Gasteiger partial charge is 0.147 e. The zero-order valence-electron chi connectivity index (χ0n) is 9.90. The molecule has 2 rings (SSSR count). The van der Waals surface area contributed by atoms with Crippen LogP contribution >= 0.6 is 11.3 Å². The summed E-state index contributed by atoms with van der Waals surface area (Å²) in [4.78, 5) is 11.0. The second-order valence-corrected chi connectivity index (χ2v) is 5.25. The van der Waals surface area contributed by atoms with Crippen molar-refractivity contribution in [3.05, 3.63) is 28.3 Å². The Morgan fingerprint density at radius 2 is 2.18 bits per heavy atom. The summed E-state index contributed by atoms with van der Waals surface area (Å²) in [5, 5.41) is 7.48. The van der Waals surface area contributed by atoms with Crippen LogP contribution in [-0.2, 0) is 10.3 Å². The molecule has 0 aliphatic rings. The molecule has 0 saturated carbocycles. The van der Waals surface area contributed by atoms with Crippen molar-refractivity contribution in [2.24, 2.45) is 0 Å². The Hall–Kier alpha value is -1.49. The van der Waals surface area contributed by atoms with E-state index in [4.69, 9.17) is 0 Å². The molecule has 0 aromatic carbocycles. The molecule has 2 aromatic heterocycles.